The average molecular weight is 315 g/mol. The highest BCUT2D eigenvalue weighted by Gasteiger charge is 2.07. The van der Waals surface area contributed by atoms with Crippen molar-refractivity contribution in [3.63, 3.8) is 0 Å². The first kappa shape index (κ1) is 14.8. The summed E-state index contributed by atoms with van der Waals surface area (Å²) in [5, 5.41) is 3.97. The molecule has 0 saturated carbocycles. The predicted octanol–water partition coefficient (Wildman–Crippen LogP) is 4.09. The van der Waals surface area contributed by atoms with Gasteiger partial charge in [0.2, 0.25) is 0 Å². The molecular weight excluding hydrogens is 298 g/mol. The minimum Gasteiger partial charge on any atom is -0.487 e. The van der Waals surface area contributed by atoms with Crippen LogP contribution in [-0.2, 0) is 13.0 Å². The van der Waals surface area contributed by atoms with E-state index in [1.165, 1.54) is 0 Å². The molecule has 0 N–H and O–H groups in total. The van der Waals surface area contributed by atoms with Crippen molar-refractivity contribution in [3.8, 4) is 5.75 Å². The first-order valence-electron chi connectivity index (χ1n) is 7.26. The zero-order chi connectivity index (χ0) is 15.5. The quantitative estimate of drug-likeness (QED) is 0.665. The van der Waals surface area contributed by atoms with Gasteiger partial charge < -0.3 is 9.15 Å². The lowest BCUT2D eigenvalue weighted by atomic mass is 10.1. The molecule has 1 aromatic carbocycles. The molecule has 5 heteroatoms. The summed E-state index contributed by atoms with van der Waals surface area (Å²) < 4.78 is 11.0. The fourth-order valence-electron chi connectivity index (χ4n) is 2.41. The molecule has 3 aromatic rings. The van der Waals surface area contributed by atoms with Crippen LogP contribution in [0.5, 0.6) is 5.75 Å². The van der Waals surface area contributed by atoms with Gasteiger partial charge in [-0.1, -0.05) is 13.3 Å². The Bertz CT molecular complexity index is 850. The molecule has 2 aromatic heterocycles. The van der Waals surface area contributed by atoms with Gasteiger partial charge in [-0.2, -0.15) is 0 Å². The molecule has 3 rings (SSSR count). The summed E-state index contributed by atoms with van der Waals surface area (Å²) in [6.07, 6.45) is 1.85. The molecule has 2 heterocycles. The van der Waals surface area contributed by atoms with E-state index in [0.717, 1.165) is 34.5 Å². The minimum absolute atomic E-state index is 0.316. The Morgan fingerprint density at radius 3 is 2.91 bits per heavy atom. The second-order valence-electron chi connectivity index (χ2n) is 5.15. The third kappa shape index (κ3) is 3.20. The van der Waals surface area contributed by atoms with Crippen molar-refractivity contribution in [1.82, 2.24) is 4.98 Å². The van der Waals surface area contributed by atoms with Crippen LogP contribution in [0, 0.1) is 6.92 Å². The second kappa shape index (κ2) is 6.32. The normalized spacial score (nSPS) is 11.0. The lowest BCUT2D eigenvalue weighted by Crippen LogP contribution is -2.01. The van der Waals surface area contributed by atoms with Gasteiger partial charge in [-0.05, 0) is 31.0 Å². The van der Waals surface area contributed by atoms with Gasteiger partial charge in [0.05, 0.1) is 10.7 Å². The lowest BCUT2D eigenvalue weighted by molar-refractivity contribution is 0.302. The van der Waals surface area contributed by atoms with Gasteiger partial charge in [0.25, 0.3) is 0 Å². The summed E-state index contributed by atoms with van der Waals surface area (Å²) in [5.41, 5.74) is 2.19. The summed E-state index contributed by atoms with van der Waals surface area (Å²) in [5.74, 6) is 0.676. The van der Waals surface area contributed by atoms with E-state index < -0.39 is 0 Å². The van der Waals surface area contributed by atoms with Crippen LogP contribution in [-0.4, -0.2) is 4.98 Å². The zero-order valence-electron chi connectivity index (χ0n) is 12.6. The largest absolute Gasteiger partial charge is 0.487 e. The highest BCUT2D eigenvalue weighted by Crippen LogP contribution is 2.24. The third-order valence-electron chi connectivity index (χ3n) is 3.37. The molecule has 22 heavy (non-hydrogen) atoms. The molecule has 0 atom stereocenters. The number of fused-ring (bicyclic) bond motifs is 1. The van der Waals surface area contributed by atoms with E-state index in [0.29, 0.717) is 17.9 Å². The molecule has 4 nitrogen and oxygen atoms in total. The molecule has 0 spiro atoms. The van der Waals surface area contributed by atoms with Crippen molar-refractivity contribution in [2.75, 3.05) is 0 Å². The molecule has 114 valence electrons. The van der Waals surface area contributed by atoms with E-state index in [9.17, 15) is 4.79 Å². The van der Waals surface area contributed by atoms with Crippen molar-refractivity contribution in [3.05, 3.63) is 56.3 Å². The number of hydrogen-bond acceptors (Lipinski definition) is 5. The van der Waals surface area contributed by atoms with Gasteiger partial charge in [-0.25, -0.2) is 9.78 Å². The Morgan fingerprint density at radius 1 is 1.32 bits per heavy atom. The number of benzene rings is 1. The van der Waals surface area contributed by atoms with Gasteiger partial charge in [0.15, 0.2) is 0 Å². The van der Waals surface area contributed by atoms with Crippen LogP contribution < -0.4 is 10.4 Å². The molecule has 0 amide bonds. The standard InChI is InChI=1S/C17H17NO3S/c1-3-4-12-7-17(19)21-16-8-14(5-6-15(12)16)20-9-13-10-22-11(2)18-13/h5-8,10H,3-4,9H2,1-2H3. The van der Waals surface area contributed by atoms with Crippen molar-refractivity contribution in [2.45, 2.75) is 33.3 Å². The average Bonchev–Trinajstić information content (AvgIpc) is 2.90. The number of aryl methyl sites for hydroxylation is 2. The van der Waals surface area contributed by atoms with Crippen molar-refractivity contribution < 1.29 is 9.15 Å². The van der Waals surface area contributed by atoms with Crippen LogP contribution in [0.2, 0.25) is 0 Å². The number of ether oxygens (including phenoxy) is 1. The zero-order valence-corrected chi connectivity index (χ0v) is 13.4. The molecule has 0 aliphatic rings. The molecule has 0 radical (unpaired) electrons. The molecular formula is C17H17NO3S. The first-order chi connectivity index (χ1) is 10.7. The van der Waals surface area contributed by atoms with E-state index in [4.69, 9.17) is 9.15 Å². The Hall–Kier alpha value is -2.14. The molecule has 0 aliphatic carbocycles. The summed E-state index contributed by atoms with van der Waals surface area (Å²) in [4.78, 5) is 16.0. The molecule has 0 unspecified atom stereocenters. The first-order valence-corrected chi connectivity index (χ1v) is 8.14. The second-order valence-corrected chi connectivity index (χ2v) is 6.21. The number of rotatable bonds is 5. The Morgan fingerprint density at radius 2 is 2.18 bits per heavy atom. The van der Waals surface area contributed by atoms with E-state index in [1.807, 2.05) is 24.4 Å². The van der Waals surface area contributed by atoms with Crippen molar-refractivity contribution in [2.24, 2.45) is 0 Å². The van der Waals surface area contributed by atoms with Crippen LogP contribution in [0.25, 0.3) is 11.0 Å². The highest BCUT2D eigenvalue weighted by atomic mass is 32.1. The van der Waals surface area contributed by atoms with E-state index >= 15 is 0 Å². The van der Waals surface area contributed by atoms with Crippen LogP contribution in [0.4, 0.5) is 0 Å². The Labute approximate surface area is 132 Å². The monoisotopic (exact) mass is 315 g/mol. The maximum atomic E-state index is 11.7. The minimum atomic E-state index is -0.316. The highest BCUT2D eigenvalue weighted by molar-refractivity contribution is 7.09. The fraction of sp³-hybridized carbons (Fsp3) is 0.294. The third-order valence-corrected chi connectivity index (χ3v) is 4.20. The SMILES string of the molecule is CCCc1cc(=O)oc2cc(OCc3csc(C)n3)ccc12. The number of thiazole rings is 1. The van der Waals surface area contributed by atoms with E-state index in [-0.39, 0.29) is 5.63 Å². The maximum Gasteiger partial charge on any atom is 0.336 e. The summed E-state index contributed by atoms with van der Waals surface area (Å²) in [6, 6.07) is 7.20. The van der Waals surface area contributed by atoms with Gasteiger partial charge in [0, 0.05) is 22.9 Å². The number of aromatic nitrogens is 1. The smallest absolute Gasteiger partial charge is 0.336 e. The summed E-state index contributed by atoms with van der Waals surface area (Å²) >= 11 is 1.60. The molecule has 0 fully saturated rings. The van der Waals surface area contributed by atoms with Crippen LogP contribution >= 0.6 is 11.3 Å². The van der Waals surface area contributed by atoms with Gasteiger partial charge in [0.1, 0.15) is 17.9 Å². The van der Waals surface area contributed by atoms with E-state index in [2.05, 4.69) is 11.9 Å². The Kier molecular flexibility index (Phi) is 4.24. The van der Waals surface area contributed by atoms with Crippen molar-refractivity contribution in [1.29, 1.82) is 0 Å². The maximum absolute atomic E-state index is 11.7. The fourth-order valence-corrected chi connectivity index (χ4v) is 3.01. The Balaban J connectivity index is 1.87. The summed E-state index contributed by atoms with van der Waals surface area (Å²) in [6.45, 7) is 4.47. The summed E-state index contributed by atoms with van der Waals surface area (Å²) in [7, 11) is 0. The van der Waals surface area contributed by atoms with Crippen LogP contribution in [0.1, 0.15) is 29.6 Å². The lowest BCUT2D eigenvalue weighted by Gasteiger charge is -2.07. The number of hydrogen-bond donors (Lipinski definition) is 0. The van der Waals surface area contributed by atoms with Crippen LogP contribution in [0.15, 0.2) is 38.9 Å². The van der Waals surface area contributed by atoms with Gasteiger partial charge in [-0.15, -0.1) is 11.3 Å². The van der Waals surface area contributed by atoms with Crippen molar-refractivity contribution >= 4 is 22.3 Å². The van der Waals surface area contributed by atoms with Crippen LogP contribution in [0.3, 0.4) is 0 Å². The predicted molar refractivity (Wildman–Crippen MR) is 87.7 cm³/mol. The number of nitrogens with zero attached hydrogens (tertiary/aromatic N) is 1. The molecule has 0 saturated heterocycles. The molecule has 0 aliphatic heterocycles. The van der Waals surface area contributed by atoms with Gasteiger partial charge >= 0.3 is 5.63 Å². The van der Waals surface area contributed by atoms with Gasteiger partial charge in [-0.3, -0.25) is 0 Å². The van der Waals surface area contributed by atoms with E-state index in [1.54, 1.807) is 23.5 Å². The topological polar surface area (TPSA) is 52.3 Å². The molecule has 0 bridgehead atoms.